The molecule has 1 fully saturated rings. The maximum atomic E-state index is 4.86. The zero-order valence-electron chi connectivity index (χ0n) is 4.22. The largest absolute Gasteiger partial charge is 0.373 e. The third kappa shape index (κ3) is 4.39. The van der Waals surface area contributed by atoms with Crippen LogP contribution in [0.5, 0.6) is 0 Å². The highest BCUT2D eigenvalue weighted by Gasteiger charge is 2.18. The van der Waals surface area contributed by atoms with Gasteiger partial charge in [-0.2, -0.15) is 0 Å². The Hall–Kier alpha value is 0.540. The molecule has 0 N–H and O–H groups in total. The fourth-order valence-corrected chi connectivity index (χ4v) is 0.304. The van der Waals surface area contributed by atoms with Gasteiger partial charge in [0, 0.05) is 0 Å². The molecule has 0 aliphatic carbocycles. The van der Waals surface area contributed by atoms with Crippen LogP contribution in [0.25, 0.3) is 0 Å². The molecular weight excluding hydrogens is 135 g/mol. The highest BCUT2D eigenvalue weighted by molar-refractivity contribution is 5.85. The molecule has 1 saturated heterocycles. The van der Waals surface area contributed by atoms with Crippen LogP contribution < -0.4 is 0 Å². The molecule has 0 spiro atoms. The zero-order chi connectivity index (χ0) is 3.70. The standard InChI is InChI=1S/C4H8O.2ClH/c1-2-4-3-5-4;;/h4H,2-3H2,1H3;2*1H. The van der Waals surface area contributed by atoms with Gasteiger partial charge in [-0.25, -0.2) is 0 Å². The summed E-state index contributed by atoms with van der Waals surface area (Å²) in [6, 6.07) is 0. The number of rotatable bonds is 1. The van der Waals surface area contributed by atoms with Crippen molar-refractivity contribution in [3.8, 4) is 0 Å². The van der Waals surface area contributed by atoms with E-state index < -0.39 is 0 Å². The molecule has 0 aromatic rings. The fraction of sp³-hybridized carbons (Fsp3) is 1.00. The molecule has 0 bridgehead atoms. The lowest BCUT2D eigenvalue weighted by Gasteiger charge is -1.69. The van der Waals surface area contributed by atoms with Crippen molar-refractivity contribution in [2.45, 2.75) is 19.4 Å². The summed E-state index contributed by atoms with van der Waals surface area (Å²) in [6.07, 6.45) is 1.83. The normalized spacial score (nSPS) is 24.4. The topological polar surface area (TPSA) is 12.5 Å². The summed E-state index contributed by atoms with van der Waals surface area (Å²) < 4.78 is 4.86. The Morgan fingerprint density at radius 2 is 2.00 bits per heavy atom. The van der Waals surface area contributed by atoms with Gasteiger partial charge in [0.15, 0.2) is 0 Å². The van der Waals surface area contributed by atoms with Crippen molar-refractivity contribution < 1.29 is 4.74 Å². The summed E-state index contributed by atoms with van der Waals surface area (Å²) in [6.45, 7) is 3.15. The van der Waals surface area contributed by atoms with E-state index in [2.05, 4.69) is 6.92 Å². The van der Waals surface area contributed by atoms with Crippen LogP contribution >= 0.6 is 24.8 Å². The summed E-state index contributed by atoms with van der Waals surface area (Å²) >= 11 is 0. The predicted octanol–water partition coefficient (Wildman–Crippen LogP) is 1.64. The van der Waals surface area contributed by atoms with E-state index in [0.717, 1.165) is 6.61 Å². The molecule has 1 aliphatic rings. The monoisotopic (exact) mass is 144 g/mol. The van der Waals surface area contributed by atoms with Gasteiger partial charge in [-0.05, 0) is 6.42 Å². The highest BCUT2D eigenvalue weighted by atomic mass is 35.5. The van der Waals surface area contributed by atoms with Gasteiger partial charge in [-0.1, -0.05) is 6.92 Å². The van der Waals surface area contributed by atoms with Crippen LogP contribution in [0.3, 0.4) is 0 Å². The average Bonchev–Trinajstić information content (AvgIpc) is 2.12. The SMILES string of the molecule is CCC1CO1.Cl.Cl. The number of halogens is 2. The van der Waals surface area contributed by atoms with Crippen molar-refractivity contribution in [3.63, 3.8) is 0 Å². The van der Waals surface area contributed by atoms with E-state index in [9.17, 15) is 0 Å². The fourth-order valence-electron chi connectivity index (χ4n) is 0.304. The molecule has 7 heavy (non-hydrogen) atoms. The zero-order valence-corrected chi connectivity index (χ0v) is 5.85. The average molecular weight is 145 g/mol. The number of ether oxygens (including phenoxy) is 1. The van der Waals surface area contributed by atoms with Crippen molar-refractivity contribution in [1.82, 2.24) is 0 Å². The molecule has 1 nitrogen and oxygen atoms in total. The van der Waals surface area contributed by atoms with E-state index in [0.29, 0.717) is 6.10 Å². The van der Waals surface area contributed by atoms with Crippen molar-refractivity contribution in [2.24, 2.45) is 0 Å². The first-order valence-electron chi connectivity index (χ1n) is 2.05. The highest BCUT2D eigenvalue weighted by Crippen LogP contribution is 2.10. The molecular formula is C4H10Cl2O. The smallest absolute Gasteiger partial charge is 0.0807 e. The van der Waals surface area contributed by atoms with Crippen LogP contribution in [0.4, 0.5) is 0 Å². The second-order valence-corrected chi connectivity index (χ2v) is 1.36. The Bertz CT molecular complexity index is 36.7. The minimum atomic E-state index is 0. The van der Waals surface area contributed by atoms with Crippen molar-refractivity contribution in [2.75, 3.05) is 6.61 Å². The lowest BCUT2D eigenvalue weighted by molar-refractivity contribution is 0.403. The van der Waals surface area contributed by atoms with Crippen molar-refractivity contribution in [3.05, 3.63) is 0 Å². The van der Waals surface area contributed by atoms with Gasteiger partial charge in [0.05, 0.1) is 12.7 Å². The number of epoxide rings is 1. The summed E-state index contributed by atoms with van der Waals surface area (Å²) in [5.41, 5.74) is 0. The Balaban J connectivity index is 0. The number of hydrogen-bond donors (Lipinski definition) is 0. The molecule has 46 valence electrons. The van der Waals surface area contributed by atoms with Gasteiger partial charge >= 0.3 is 0 Å². The maximum Gasteiger partial charge on any atom is 0.0807 e. The molecule has 0 aromatic carbocycles. The molecule has 0 amide bonds. The van der Waals surface area contributed by atoms with Gasteiger partial charge < -0.3 is 4.74 Å². The first kappa shape index (κ1) is 10.5. The minimum Gasteiger partial charge on any atom is -0.373 e. The van der Waals surface area contributed by atoms with Crippen molar-refractivity contribution >= 4 is 24.8 Å². The molecule has 1 atom stereocenters. The van der Waals surface area contributed by atoms with Crippen LogP contribution in [0.15, 0.2) is 0 Å². The summed E-state index contributed by atoms with van der Waals surface area (Å²) in [5, 5.41) is 0. The van der Waals surface area contributed by atoms with Crippen LogP contribution in [-0.2, 0) is 4.74 Å². The summed E-state index contributed by atoms with van der Waals surface area (Å²) in [7, 11) is 0. The summed E-state index contributed by atoms with van der Waals surface area (Å²) in [4.78, 5) is 0. The Labute approximate surface area is 56.2 Å². The Morgan fingerprint density at radius 1 is 1.57 bits per heavy atom. The van der Waals surface area contributed by atoms with Gasteiger partial charge in [-0.3, -0.25) is 0 Å². The lowest BCUT2D eigenvalue weighted by atomic mass is 10.4. The Morgan fingerprint density at radius 3 is 2.00 bits per heavy atom. The lowest BCUT2D eigenvalue weighted by Crippen LogP contribution is -1.73. The van der Waals surface area contributed by atoms with E-state index in [1.165, 1.54) is 6.42 Å². The van der Waals surface area contributed by atoms with Crippen LogP contribution in [0, 0.1) is 0 Å². The molecule has 1 rings (SSSR count). The van der Waals surface area contributed by atoms with Gasteiger partial charge in [0.25, 0.3) is 0 Å². The van der Waals surface area contributed by atoms with E-state index in [4.69, 9.17) is 4.74 Å². The molecule has 0 radical (unpaired) electrons. The quantitative estimate of drug-likeness (QED) is 0.511. The molecule has 3 heteroatoms. The van der Waals surface area contributed by atoms with Crippen LogP contribution in [-0.4, -0.2) is 12.7 Å². The van der Waals surface area contributed by atoms with E-state index in [1.54, 1.807) is 0 Å². The summed E-state index contributed by atoms with van der Waals surface area (Å²) in [5.74, 6) is 0. The Kier molecular flexibility index (Phi) is 7.04. The molecule has 0 aromatic heterocycles. The van der Waals surface area contributed by atoms with E-state index in [1.807, 2.05) is 0 Å². The predicted molar refractivity (Wildman–Crippen MR) is 34.5 cm³/mol. The van der Waals surface area contributed by atoms with E-state index >= 15 is 0 Å². The first-order valence-corrected chi connectivity index (χ1v) is 2.05. The molecule has 1 heterocycles. The number of hydrogen-bond acceptors (Lipinski definition) is 1. The maximum absolute atomic E-state index is 4.86. The second kappa shape index (κ2) is 4.69. The molecule has 1 aliphatic heterocycles. The van der Waals surface area contributed by atoms with Gasteiger partial charge in [-0.15, -0.1) is 24.8 Å². The van der Waals surface area contributed by atoms with Gasteiger partial charge in [0.2, 0.25) is 0 Å². The second-order valence-electron chi connectivity index (χ2n) is 1.36. The molecule has 1 unspecified atom stereocenters. The van der Waals surface area contributed by atoms with Gasteiger partial charge in [0.1, 0.15) is 0 Å². The van der Waals surface area contributed by atoms with Crippen molar-refractivity contribution in [1.29, 1.82) is 0 Å². The van der Waals surface area contributed by atoms with Crippen LogP contribution in [0.2, 0.25) is 0 Å². The minimum absolute atomic E-state index is 0. The third-order valence-corrected chi connectivity index (χ3v) is 0.858. The van der Waals surface area contributed by atoms with E-state index in [-0.39, 0.29) is 24.8 Å². The third-order valence-electron chi connectivity index (χ3n) is 0.858. The van der Waals surface area contributed by atoms with Crippen LogP contribution in [0.1, 0.15) is 13.3 Å². The molecule has 0 saturated carbocycles. The first-order chi connectivity index (χ1) is 2.43.